The Hall–Kier alpha value is -2.43. The fourth-order valence-electron chi connectivity index (χ4n) is 1.92. The minimum absolute atomic E-state index is 0.0710. The first-order valence-corrected chi connectivity index (χ1v) is 8.37. The molecular formula is C13H13ClN4O5S. The summed E-state index contributed by atoms with van der Waals surface area (Å²) in [5, 5.41) is 10.9. The molecule has 128 valence electrons. The van der Waals surface area contributed by atoms with E-state index in [1.807, 2.05) is 10.3 Å². The Balaban J connectivity index is 2.26. The zero-order valence-corrected chi connectivity index (χ0v) is 14.2. The molecule has 0 saturated carbocycles. The van der Waals surface area contributed by atoms with Crippen molar-refractivity contribution in [2.45, 2.75) is 11.8 Å². The topological polar surface area (TPSA) is 123 Å². The molecule has 0 unspecified atom stereocenters. The molecule has 0 aliphatic carbocycles. The number of rotatable bonds is 5. The second-order valence-electron chi connectivity index (χ2n) is 4.87. The second-order valence-corrected chi connectivity index (χ2v) is 6.96. The van der Waals surface area contributed by atoms with E-state index in [9.17, 15) is 23.3 Å². The van der Waals surface area contributed by atoms with Crippen molar-refractivity contribution in [1.29, 1.82) is 0 Å². The normalized spacial score (nSPS) is 11.3. The number of nitro groups is 1. The van der Waals surface area contributed by atoms with Gasteiger partial charge in [0.2, 0.25) is 0 Å². The van der Waals surface area contributed by atoms with Gasteiger partial charge in [0.05, 0.1) is 14.8 Å². The van der Waals surface area contributed by atoms with Crippen LogP contribution in [-0.2, 0) is 17.1 Å². The molecule has 2 aromatic rings. The van der Waals surface area contributed by atoms with Gasteiger partial charge in [-0.25, -0.2) is 8.42 Å². The van der Waals surface area contributed by atoms with Crippen LogP contribution in [0.2, 0.25) is 5.02 Å². The lowest BCUT2D eigenvalue weighted by atomic mass is 10.2. The number of nitro benzene ring substituents is 1. The highest BCUT2D eigenvalue weighted by molar-refractivity contribution is 7.89. The Morgan fingerprint density at radius 3 is 2.58 bits per heavy atom. The summed E-state index contributed by atoms with van der Waals surface area (Å²) >= 11 is 5.85. The van der Waals surface area contributed by atoms with Crippen molar-refractivity contribution in [2.24, 2.45) is 7.05 Å². The lowest BCUT2D eigenvalue weighted by Crippen LogP contribution is -2.42. The quantitative estimate of drug-likeness (QED) is 0.608. The number of benzene rings is 1. The predicted molar refractivity (Wildman–Crippen MR) is 86.0 cm³/mol. The minimum Gasteiger partial charge on any atom is -0.347 e. The highest BCUT2D eigenvalue weighted by Gasteiger charge is 2.23. The number of carbonyl (C=O) groups is 1. The first kappa shape index (κ1) is 17.9. The van der Waals surface area contributed by atoms with Crippen molar-refractivity contribution in [1.82, 2.24) is 14.8 Å². The molecule has 0 saturated heterocycles. The van der Waals surface area contributed by atoms with Crippen molar-refractivity contribution in [3.63, 3.8) is 0 Å². The summed E-state index contributed by atoms with van der Waals surface area (Å²) in [7, 11) is -2.62. The maximum absolute atomic E-state index is 12.2. The number of amides is 1. The molecule has 1 aromatic heterocycles. The van der Waals surface area contributed by atoms with Crippen molar-refractivity contribution < 1.29 is 18.1 Å². The van der Waals surface area contributed by atoms with Crippen LogP contribution in [0.5, 0.6) is 0 Å². The first-order valence-electron chi connectivity index (χ1n) is 6.51. The molecule has 0 bridgehead atoms. The fraction of sp³-hybridized carbons (Fsp3) is 0.154. The lowest BCUT2D eigenvalue weighted by Gasteiger charge is -2.10. The van der Waals surface area contributed by atoms with Crippen molar-refractivity contribution in [3.8, 4) is 0 Å². The maximum atomic E-state index is 12.2. The van der Waals surface area contributed by atoms with Crippen LogP contribution in [0.4, 0.5) is 5.69 Å². The van der Waals surface area contributed by atoms with Crippen LogP contribution in [-0.4, -0.2) is 23.8 Å². The summed E-state index contributed by atoms with van der Waals surface area (Å²) in [4.78, 5) is 23.6. The lowest BCUT2D eigenvalue weighted by molar-refractivity contribution is -0.385. The van der Waals surface area contributed by atoms with Crippen LogP contribution < -0.4 is 10.3 Å². The van der Waals surface area contributed by atoms with Gasteiger partial charge in [0, 0.05) is 24.9 Å². The Labute approximate surface area is 142 Å². The molecule has 0 fully saturated rings. The van der Waals surface area contributed by atoms with E-state index in [2.05, 4.69) is 0 Å². The molecule has 11 heteroatoms. The van der Waals surface area contributed by atoms with Gasteiger partial charge in [-0.3, -0.25) is 20.3 Å². The van der Waals surface area contributed by atoms with Crippen LogP contribution in [0, 0.1) is 17.0 Å². The van der Waals surface area contributed by atoms with Crippen molar-refractivity contribution in [3.05, 3.63) is 56.9 Å². The molecule has 0 radical (unpaired) electrons. The van der Waals surface area contributed by atoms with Gasteiger partial charge < -0.3 is 4.57 Å². The SMILES string of the molecule is Cc1c(Cl)cc(S(=O)(=O)NNC(=O)c2cccn2C)cc1[N+](=O)[O-]. The molecule has 24 heavy (non-hydrogen) atoms. The van der Waals surface area contributed by atoms with E-state index in [0.29, 0.717) is 0 Å². The van der Waals surface area contributed by atoms with Gasteiger partial charge in [-0.2, -0.15) is 0 Å². The summed E-state index contributed by atoms with van der Waals surface area (Å²) in [6.45, 7) is 1.40. The second kappa shape index (κ2) is 6.59. The average molecular weight is 373 g/mol. The number of nitrogens with zero attached hydrogens (tertiary/aromatic N) is 2. The van der Waals surface area contributed by atoms with Crippen LogP contribution in [0.15, 0.2) is 35.4 Å². The molecule has 0 aliphatic rings. The molecule has 1 amide bonds. The Morgan fingerprint density at radius 1 is 1.38 bits per heavy atom. The van der Waals surface area contributed by atoms with Gasteiger partial charge in [0.1, 0.15) is 5.69 Å². The van der Waals surface area contributed by atoms with E-state index in [4.69, 9.17) is 11.6 Å². The molecule has 2 N–H and O–H groups in total. The van der Waals surface area contributed by atoms with Gasteiger partial charge in [0.25, 0.3) is 21.6 Å². The van der Waals surface area contributed by atoms with E-state index in [1.54, 1.807) is 19.3 Å². The third-order valence-corrected chi connectivity index (χ3v) is 4.89. The zero-order chi connectivity index (χ0) is 18.1. The van der Waals surface area contributed by atoms with Gasteiger partial charge >= 0.3 is 0 Å². The number of hydrazine groups is 1. The van der Waals surface area contributed by atoms with E-state index in [-0.39, 0.29) is 16.3 Å². The standard InChI is InChI=1S/C13H13ClN4O5S/c1-8-10(14)6-9(7-12(8)18(20)21)24(22,23)16-15-13(19)11-4-3-5-17(11)2/h3-7,16H,1-2H3,(H,15,19). The molecule has 1 heterocycles. The number of sulfonamides is 1. The molecule has 0 aliphatic heterocycles. The van der Waals surface area contributed by atoms with E-state index in [1.165, 1.54) is 17.6 Å². The number of halogens is 1. The van der Waals surface area contributed by atoms with Gasteiger partial charge in [0.15, 0.2) is 0 Å². The number of nitrogens with one attached hydrogen (secondary N) is 2. The maximum Gasteiger partial charge on any atom is 0.282 e. The summed E-state index contributed by atoms with van der Waals surface area (Å²) in [5.74, 6) is -0.682. The zero-order valence-electron chi connectivity index (χ0n) is 12.6. The molecule has 1 aromatic carbocycles. The predicted octanol–water partition coefficient (Wildman–Crippen LogP) is 1.52. The van der Waals surface area contributed by atoms with Crippen molar-refractivity contribution in [2.75, 3.05) is 0 Å². The average Bonchev–Trinajstić information content (AvgIpc) is 2.93. The summed E-state index contributed by atoms with van der Waals surface area (Å²) < 4.78 is 25.9. The molecule has 2 rings (SSSR count). The van der Waals surface area contributed by atoms with Crippen LogP contribution in [0.1, 0.15) is 16.1 Å². The highest BCUT2D eigenvalue weighted by atomic mass is 35.5. The monoisotopic (exact) mass is 372 g/mol. The van der Waals surface area contributed by atoms with Gasteiger partial charge in [-0.1, -0.05) is 11.6 Å². The van der Waals surface area contributed by atoms with Gasteiger partial charge in [-0.05, 0) is 25.1 Å². The fourth-order valence-corrected chi connectivity index (χ4v) is 3.08. The molecule has 0 atom stereocenters. The smallest absolute Gasteiger partial charge is 0.282 e. The number of carbonyl (C=O) groups excluding carboxylic acids is 1. The third-order valence-electron chi connectivity index (χ3n) is 3.27. The van der Waals surface area contributed by atoms with Gasteiger partial charge in [-0.15, -0.1) is 4.83 Å². The Bertz CT molecular complexity index is 922. The molecule has 9 nitrogen and oxygen atoms in total. The highest BCUT2D eigenvalue weighted by Crippen LogP contribution is 2.29. The van der Waals surface area contributed by atoms with E-state index >= 15 is 0 Å². The van der Waals surface area contributed by atoms with Crippen molar-refractivity contribution >= 4 is 33.2 Å². The van der Waals surface area contributed by atoms with E-state index < -0.39 is 31.4 Å². The Kier molecular flexibility index (Phi) is 4.92. The van der Waals surface area contributed by atoms with Crippen LogP contribution >= 0.6 is 11.6 Å². The summed E-state index contributed by atoms with van der Waals surface area (Å²) in [6, 6.07) is 5.06. The minimum atomic E-state index is -4.23. The number of hydrogen-bond donors (Lipinski definition) is 2. The number of aryl methyl sites for hydroxylation is 1. The largest absolute Gasteiger partial charge is 0.347 e. The third kappa shape index (κ3) is 3.55. The number of hydrogen-bond acceptors (Lipinski definition) is 5. The number of aromatic nitrogens is 1. The molecule has 0 spiro atoms. The summed E-state index contributed by atoms with van der Waals surface area (Å²) in [5.41, 5.74) is 1.98. The summed E-state index contributed by atoms with van der Waals surface area (Å²) in [6.07, 6.45) is 1.62. The first-order chi connectivity index (χ1) is 11.1. The van der Waals surface area contributed by atoms with E-state index in [0.717, 1.165) is 12.1 Å². The van der Waals surface area contributed by atoms with Crippen LogP contribution in [0.25, 0.3) is 0 Å². The molecular weight excluding hydrogens is 360 g/mol. The Morgan fingerprint density at radius 2 is 2.04 bits per heavy atom. The van der Waals surface area contributed by atoms with Crippen LogP contribution in [0.3, 0.4) is 0 Å².